The summed E-state index contributed by atoms with van der Waals surface area (Å²) in [5, 5.41) is 6.86. The van der Waals surface area contributed by atoms with Crippen molar-refractivity contribution in [2.45, 2.75) is 0 Å². The Morgan fingerprint density at radius 2 is 0.891 bits per heavy atom. The molecule has 0 bridgehead atoms. The third-order valence-electron chi connectivity index (χ3n) is 10.9. The van der Waals surface area contributed by atoms with Gasteiger partial charge in [0.25, 0.3) is 0 Å². The first-order chi connectivity index (χ1) is 27.3. The minimum absolute atomic E-state index is 0.855. The summed E-state index contributed by atoms with van der Waals surface area (Å²) in [5.41, 5.74) is 13.6. The van der Waals surface area contributed by atoms with E-state index in [0.717, 1.165) is 77.6 Å². The largest absolute Gasteiger partial charge is 0.456 e. The number of fused-ring (bicyclic) bond motifs is 7. The van der Waals surface area contributed by atoms with Crippen molar-refractivity contribution < 1.29 is 8.83 Å². The Balaban J connectivity index is 1.13. The van der Waals surface area contributed by atoms with Gasteiger partial charge in [0.1, 0.15) is 22.3 Å². The van der Waals surface area contributed by atoms with Gasteiger partial charge in [0.2, 0.25) is 0 Å². The lowest BCUT2D eigenvalue weighted by molar-refractivity contribution is 0.668. The molecule has 0 aliphatic rings. The summed E-state index contributed by atoms with van der Waals surface area (Å²) in [5.74, 6) is 0. The van der Waals surface area contributed by atoms with Gasteiger partial charge in [-0.3, -0.25) is 0 Å². The number of hydrogen-bond acceptors (Lipinski definition) is 3. The molecule has 0 unspecified atom stereocenters. The summed E-state index contributed by atoms with van der Waals surface area (Å²) in [4.78, 5) is 2.40. The molecule has 0 atom stereocenters. The second-order valence-corrected chi connectivity index (χ2v) is 14.0. The normalized spacial score (nSPS) is 11.6. The molecule has 0 spiro atoms. The molecule has 11 rings (SSSR count). The summed E-state index contributed by atoms with van der Waals surface area (Å²) in [6, 6.07) is 71.0. The van der Waals surface area contributed by atoms with Gasteiger partial charge in [-0.15, -0.1) is 0 Å². The topological polar surface area (TPSA) is 29.5 Å². The molecule has 0 radical (unpaired) electrons. The standard InChI is InChI=1S/C52H33NO2/c1-2-13-35(14-3-1)39-20-10-15-36-16-11-21-43(51(36)39)40-17-4-7-22-45(40)53(46-23-12-26-49-52(46)44-19-6-9-25-48(44)54-49)38-30-27-34(28-31-38)37-29-32-42-41-18-5-8-24-47(41)55-50(42)33-37/h1-33H. The minimum atomic E-state index is 0.855. The maximum absolute atomic E-state index is 6.45. The van der Waals surface area contributed by atoms with Crippen LogP contribution in [0, 0.1) is 0 Å². The van der Waals surface area contributed by atoms with E-state index in [2.05, 4.69) is 181 Å². The maximum atomic E-state index is 6.45. The van der Waals surface area contributed by atoms with Crippen molar-refractivity contribution in [3.63, 3.8) is 0 Å². The van der Waals surface area contributed by atoms with E-state index in [4.69, 9.17) is 8.83 Å². The average Bonchev–Trinajstić information content (AvgIpc) is 3.83. The molecule has 0 aliphatic carbocycles. The molecule has 2 aromatic heterocycles. The van der Waals surface area contributed by atoms with Crippen LogP contribution in [0.4, 0.5) is 17.1 Å². The lowest BCUT2D eigenvalue weighted by Crippen LogP contribution is -2.11. The highest BCUT2D eigenvalue weighted by Crippen LogP contribution is 2.48. The van der Waals surface area contributed by atoms with Gasteiger partial charge in [0, 0.05) is 27.4 Å². The number of anilines is 3. The number of rotatable bonds is 6. The molecule has 0 saturated heterocycles. The predicted molar refractivity (Wildman–Crippen MR) is 229 cm³/mol. The van der Waals surface area contributed by atoms with E-state index >= 15 is 0 Å². The van der Waals surface area contributed by atoms with Crippen molar-refractivity contribution >= 4 is 71.7 Å². The lowest BCUT2D eigenvalue weighted by atomic mass is 9.90. The van der Waals surface area contributed by atoms with Crippen LogP contribution in [0.25, 0.3) is 88.0 Å². The van der Waals surface area contributed by atoms with Gasteiger partial charge < -0.3 is 13.7 Å². The number of hydrogen-bond donors (Lipinski definition) is 0. The fourth-order valence-corrected chi connectivity index (χ4v) is 8.38. The third kappa shape index (κ3) is 5.13. The summed E-state index contributed by atoms with van der Waals surface area (Å²) in [6.07, 6.45) is 0. The Morgan fingerprint density at radius 3 is 1.73 bits per heavy atom. The molecule has 258 valence electrons. The zero-order chi connectivity index (χ0) is 36.3. The van der Waals surface area contributed by atoms with Gasteiger partial charge in [-0.05, 0) is 93.2 Å². The van der Waals surface area contributed by atoms with Crippen molar-refractivity contribution in [2.75, 3.05) is 4.90 Å². The fraction of sp³-hybridized carbons (Fsp3) is 0. The minimum Gasteiger partial charge on any atom is -0.456 e. The van der Waals surface area contributed by atoms with Crippen molar-refractivity contribution in [1.82, 2.24) is 0 Å². The zero-order valence-corrected chi connectivity index (χ0v) is 29.8. The second-order valence-electron chi connectivity index (χ2n) is 14.0. The summed E-state index contributed by atoms with van der Waals surface area (Å²) in [6.45, 7) is 0. The molecular formula is C52H33NO2. The smallest absolute Gasteiger partial charge is 0.137 e. The van der Waals surface area contributed by atoms with Crippen LogP contribution in [0.5, 0.6) is 0 Å². The fourth-order valence-electron chi connectivity index (χ4n) is 8.38. The van der Waals surface area contributed by atoms with Crippen molar-refractivity contribution in [2.24, 2.45) is 0 Å². The number of nitrogens with zero attached hydrogens (tertiary/aromatic N) is 1. The highest BCUT2D eigenvalue weighted by molar-refractivity contribution is 6.15. The summed E-state index contributed by atoms with van der Waals surface area (Å²) >= 11 is 0. The average molecular weight is 704 g/mol. The van der Waals surface area contributed by atoms with Crippen molar-refractivity contribution in [1.29, 1.82) is 0 Å². The van der Waals surface area contributed by atoms with Crippen LogP contribution < -0.4 is 4.90 Å². The number of para-hydroxylation sites is 3. The molecule has 0 N–H and O–H groups in total. The van der Waals surface area contributed by atoms with Gasteiger partial charge in [-0.1, -0.05) is 146 Å². The highest BCUT2D eigenvalue weighted by Gasteiger charge is 2.23. The van der Waals surface area contributed by atoms with Crippen molar-refractivity contribution in [3.8, 4) is 33.4 Å². The predicted octanol–water partition coefficient (Wildman–Crippen LogP) is 15.1. The Morgan fingerprint density at radius 1 is 0.309 bits per heavy atom. The first-order valence-electron chi connectivity index (χ1n) is 18.7. The Bertz CT molecular complexity index is 3200. The van der Waals surface area contributed by atoms with Crippen LogP contribution in [-0.2, 0) is 0 Å². The van der Waals surface area contributed by atoms with Crippen LogP contribution in [-0.4, -0.2) is 0 Å². The number of benzene rings is 9. The van der Waals surface area contributed by atoms with Crippen LogP contribution in [0.3, 0.4) is 0 Å². The van der Waals surface area contributed by atoms with Crippen LogP contribution in [0.15, 0.2) is 209 Å². The first-order valence-corrected chi connectivity index (χ1v) is 18.7. The Hall–Kier alpha value is -7.36. The molecule has 55 heavy (non-hydrogen) atoms. The van der Waals surface area contributed by atoms with Gasteiger partial charge >= 0.3 is 0 Å². The van der Waals surface area contributed by atoms with Gasteiger partial charge in [-0.25, -0.2) is 0 Å². The SMILES string of the molecule is c1ccc(-c2cccc3cccc(-c4ccccc4N(c4ccc(-c5ccc6c(c5)oc5ccccc56)cc4)c4cccc5oc6ccccc6c45)c23)cc1. The van der Waals surface area contributed by atoms with E-state index in [1.54, 1.807) is 0 Å². The quantitative estimate of drug-likeness (QED) is 0.173. The van der Waals surface area contributed by atoms with Gasteiger partial charge in [0.15, 0.2) is 0 Å². The maximum Gasteiger partial charge on any atom is 0.137 e. The van der Waals surface area contributed by atoms with E-state index in [0.29, 0.717) is 0 Å². The Labute approximate surface area is 317 Å². The Kier molecular flexibility index (Phi) is 7.17. The van der Waals surface area contributed by atoms with Gasteiger partial charge in [-0.2, -0.15) is 0 Å². The molecule has 9 aromatic carbocycles. The molecule has 11 aromatic rings. The van der Waals surface area contributed by atoms with Crippen molar-refractivity contribution in [3.05, 3.63) is 200 Å². The summed E-state index contributed by atoms with van der Waals surface area (Å²) < 4.78 is 12.7. The molecule has 3 nitrogen and oxygen atoms in total. The molecule has 0 amide bonds. The molecule has 3 heteroatoms. The molecular weight excluding hydrogens is 671 g/mol. The monoisotopic (exact) mass is 703 g/mol. The highest BCUT2D eigenvalue weighted by atomic mass is 16.3. The second kappa shape index (κ2) is 12.6. The van der Waals surface area contributed by atoms with E-state index in [1.165, 1.54) is 27.5 Å². The van der Waals surface area contributed by atoms with E-state index in [9.17, 15) is 0 Å². The summed E-state index contributed by atoms with van der Waals surface area (Å²) in [7, 11) is 0. The first kappa shape index (κ1) is 31.2. The zero-order valence-electron chi connectivity index (χ0n) is 29.8. The van der Waals surface area contributed by atoms with E-state index in [-0.39, 0.29) is 0 Å². The molecule has 2 heterocycles. The van der Waals surface area contributed by atoms with Gasteiger partial charge in [0.05, 0.1) is 16.8 Å². The van der Waals surface area contributed by atoms with Crippen LogP contribution in [0.1, 0.15) is 0 Å². The van der Waals surface area contributed by atoms with Crippen LogP contribution >= 0.6 is 0 Å². The van der Waals surface area contributed by atoms with Crippen LogP contribution in [0.2, 0.25) is 0 Å². The van der Waals surface area contributed by atoms with E-state index in [1.807, 2.05) is 24.3 Å². The molecule has 0 fully saturated rings. The molecule has 0 saturated carbocycles. The number of furan rings is 2. The third-order valence-corrected chi connectivity index (χ3v) is 10.9. The van der Waals surface area contributed by atoms with E-state index < -0.39 is 0 Å². The lowest BCUT2D eigenvalue weighted by Gasteiger charge is -2.29. The molecule has 0 aliphatic heterocycles.